The Morgan fingerprint density at radius 3 is 2.67 bits per heavy atom. The minimum atomic E-state index is -0.210. The molecule has 2 aromatic carbocycles. The highest BCUT2D eigenvalue weighted by Crippen LogP contribution is 2.25. The highest BCUT2D eigenvalue weighted by molar-refractivity contribution is 5.85. The normalized spacial score (nSPS) is 21.5. The van der Waals surface area contributed by atoms with Crippen LogP contribution in [0.1, 0.15) is 56.9 Å². The first-order valence-corrected chi connectivity index (χ1v) is 13.8. The third kappa shape index (κ3) is 7.76. The van der Waals surface area contributed by atoms with Crippen LogP contribution in [-0.4, -0.2) is 61.6 Å². The monoisotopic (exact) mass is 493 g/mol. The van der Waals surface area contributed by atoms with Crippen molar-refractivity contribution in [3.05, 3.63) is 48.0 Å². The zero-order valence-corrected chi connectivity index (χ0v) is 21.5. The van der Waals surface area contributed by atoms with Crippen LogP contribution >= 0.6 is 0 Å². The molecule has 7 nitrogen and oxygen atoms in total. The molecule has 0 radical (unpaired) electrons. The second-order valence-corrected chi connectivity index (χ2v) is 10.5. The van der Waals surface area contributed by atoms with Gasteiger partial charge in [0.2, 0.25) is 11.8 Å². The van der Waals surface area contributed by atoms with Gasteiger partial charge in [0, 0.05) is 32.3 Å². The van der Waals surface area contributed by atoms with Gasteiger partial charge < -0.3 is 26.6 Å². The Bertz CT molecular complexity index is 991. The first kappa shape index (κ1) is 26.6. The van der Waals surface area contributed by atoms with E-state index in [9.17, 15) is 9.59 Å². The molecule has 1 aliphatic heterocycles. The van der Waals surface area contributed by atoms with Gasteiger partial charge in [-0.05, 0) is 60.9 Å². The van der Waals surface area contributed by atoms with Crippen molar-refractivity contribution in [1.29, 1.82) is 0 Å². The molecule has 1 heterocycles. The lowest BCUT2D eigenvalue weighted by Crippen LogP contribution is -2.49. The van der Waals surface area contributed by atoms with Crippen LogP contribution in [0.5, 0.6) is 0 Å². The summed E-state index contributed by atoms with van der Waals surface area (Å²) in [4.78, 5) is 28.3. The van der Waals surface area contributed by atoms with E-state index in [2.05, 4.69) is 45.1 Å². The van der Waals surface area contributed by atoms with Crippen LogP contribution in [0.15, 0.2) is 42.5 Å². The highest BCUT2D eigenvalue weighted by Gasteiger charge is 2.32. The lowest BCUT2D eigenvalue weighted by molar-refractivity contribution is -0.133. The molecule has 1 saturated carbocycles. The summed E-state index contributed by atoms with van der Waals surface area (Å²) in [6, 6.07) is 14.3. The molecule has 1 saturated heterocycles. The summed E-state index contributed by atoms with van der Waals surface area (Å²) in [6.45, 7) is 3.42. The standard InChI is InChI=1S/C29H43N5O2/c30-21-31-15-6-11-27-29(36)34(20-22-7-2-1-3-8-22)16-14-26(33-27)19-32-28(35)18-23-12-13-24-9-4-5-10-25(24)17-23/h4-5,9-10,12-13,17,22,26-27,31,33H,1-3,6-8,11,14-16,18-21,30H2,(H,32,35). The van der Waals surface area contributed by atoms with E-state index in [-0.39, 0.29) is 23.9 Å². The van der Waals surface area contributed by atoms with Crippen LogP contribution in [0.2, 0.25) is 0 Å². The smallest absolute Gasteiger partial charge is 0.239 e. The number of hydrogen-bond donors (Lipinski definition) is 4. The van der Waals surface area contributed by atoms with Crippen LogP contribution < -0.4 is 21.7 Å². The number of nitrogens with one attached hydrogen (secondary N) is 3. The number of fused-ring (bicyclic) bond motifs is 1. The number of carbonyl (C=O) groups is 2. The lowest BCUT2D eigenvalue weighted by atomic mass is 9.89. The molecule has 196 valence electrons. The molecule has 7 heteroatoms. The Kier molecular flexibility index (Phi) is 10.1. The zero-order chi connectivity index (χ0) is 25.2. The topological polar surface area (TPSA) is 99.5 Å². The molecule has 0 bridgehead atoms. The van der Waals surface area contributed by atoms with Gasteiger partial charge in [-0.2, -0.15) is 0 Å². The molecule has 2 amide bonds. The van der Waals surface area contributed by atoms with Crippen molar-refractivity contribution in [3.8, 4) is 0 Å². The number of benzene rings is 2. The molecule has 0 aromatic heterocycles. The van der Waals surface area contributed by atoms with Crippen molar-refractivity contribution in [2.75, 3.05) is 32.8 Å². The SMILES string of the molecule is NCNCCCC1NC(CNC(=O)Cc2ccc3ccccc3c2)CCN(CC2CCCCC2)C1=O. The van der Waals surface area contributed by atoms with E-state index in [1.54, 1.807) is 0 Å². The van der Waals surface area contributed by atoms with E-state index in [0.717, 1.165) is 49.8 Å². The van der Waals surface area contributed by atoms with Crippen LogP contribution in [0.4, 0.5) is 0 Å². The Morgan fingerprint density at radius 2 is 1.86 bits per heavy atom. The predicted octanol–water partition coefficient (Wildman–Crippen LogP) is 2.92. The summed E-state index contributed by atoms with van der Waals surface area (Å²) in [5.41, 5.74) is 6.57. The fourth-order valence-electron chi connectivity index (χ4n) is 5.68. The molecule has 2 aromatic rings. The van der Waals surface area contributed by atoms with Gasteiger partial charge in [-0.1, -0.05) is 61.7 Å². The molecule has 2 aliphatic rings. The maximum atomic E-state index is 13.4. The summed E-state index contributed by atoms with van der Waals surface area (Å²) >= 11 is 0. The van der Waals surface area contributed by atoms with Crippen molar-refractivity contribution in [2.24, 2.45) is 11.7 Å². The minimum Gasteiger partial charge on any atom is -0.354 e. The van der Waals surface area contributed by atoms with Crippen LogP contribution in [-0.2, 0) is 16.0 Å². The zero-order valence-electron chi connectivity index (χ0n) is 21.5. The van der Waals surface area contributed by atoms with Crippen molar-refractivity contribution in [3.63, 3.8) is 0 Å². The molecule has 5 N–H and O–H groups in total. The van der Waals surface area contributed by atoms with Crippen molar-refractivity contribution >= 4 is 22.6 Å². The second-order valence-electron chi connectivity index (χ2n) is 10.5. The van der Waals surface area contributed by atoms with E-state index in [1.807, 2.05) is 18.2 Å². The average Bonchev–Trinajstić information content (AvgIpc) is 3.04. The fraction of sp³-hybridized carbons (Fsp3) is 0.586. The summed E-state index contributed by atoms with van der Waals surface area (Å²) < 4.78 is 0. The van der Waals surface area contributed by atoms with Gasteiger partial charge in [0.05, 0.1) is 12.5 Å². The third-order valence-corrected chi connectivity index (χ3v) is 7.71. The average molecular weight is 494 g/mol. The Balaban J connectivity index is 1.32. The van der Waals surface area contributed by atoms with Crippen LogP contribution in [0, 0.1) is 5.92 Å². The van der Waals surface area contributed by atoms with E-state index in [1.165, 1.54) is 37.5 Å². The summed E-state index contributed by atoms with van der Waals surface area (Å²) in [5.74, 6) is 0.865. The maximum absolute atomic E-state index is 13.4. The first-order valence-electron chi connectivity index (χ1n) is 13.8. The van der Waals surface area contributed by atoms with E-state index in [0.29, 0.717) is 25.6 Å². The van der Waals surface area contributed by atoms with Gasteiger partial charge in [-0.3, -0.25) is 9.59 Å². The fourth-order valence-corrected chi connectivity index (χ4v) is 5.68. The number of rotatable bonds is 11. The molecule has 2 unspecified atom stereocenters. The van der Waals surface area contributed by atoms with Gasteiger partial charge in [-0.25, -0.2) is 0 Å². The molecule has 1 aliphatic carbocycles. The van der Waals surface area contributed by atoms with Crippen LogP contribution in [0.3, 0.4) is 0 Å². The molecular formula is C29H43N5O2. The van der Waals surface area contributed by atoms with Gasteiger partial charge in [-0.15, -0.1) is 0 Å². The van der Waals surface area contributed by atoms with Gasteiger partial charge >= 0.3 is 0 Å². The van der Waals surface area contributed by atoms with Crippen molar-refractivity contribution < 1.29 is 9.59 Å². The quantitative estimate of drug-likeness (QED) is 0.285. The molecule has 0 spiro atoms. The van der Waals surface area contributed by atoms with Crippen LogP contribution in [0.25, 0.3) is 10.8 Å². The van der Waals surface area contributed by atoms with E-state index < -0.39 is 0 Å². The van der Waals surface area contributed by atoms with Crippen molar-refractivity contribution in [1.82, 2.24) is 20.9 Å². The number of hydrogen-bond acceptors (Lipinski definition) is 5. The molecule has 2 fully saturated rings. The highest BCUT2D eigenvalue weighted by atomic mass is 16.2. The summed E-state index contributed by atoms with van der Waals surface area (Å²) in [5, 5.41) is 12.2. The third-order valence-electron chi connectivity index (χ3n) is 7.71. The molecule has 36 heavy (non-hydrogen) atoms. The van der Waals surface area contributed by atoms with Gasteiger partial charge in [0.15, 0.2) is 0 Å². The Morgan fingerprint density at radius 1 is 1.06 bits per heavy atom. The van der Waals surface area contributed by atoms with Crippen molar-refractivity contribution in [2.45, 2.75) is 69.9 Å². The Hall–Kier alpha value is -2.48. The summed E-state index contributed by atoms with van der Waals surface area (Å²) in [6.07, 6.45) is 9.23. The number of amides is 2. The van der Waals surface area contributed by atoms with E-state index >= 15 is 0 Å². The molecule has 4 rings (SSSR count). The predicted molar refractivity (Wildman–Crippen MR) is 145 cm³/mol. The van der Waals surface area contributed by atoms with Gasteiger partial charge in [0.1, 0.15) is 0 Å². The van der Waals surface area contributed by atoms with E-state index in [4.69, 9.17) is 5.73 Å². The first-order chi connectivity index (χ1) is 17.6. The van der Waals surface area contributed by atoms with Gasteiger partial charge in [0.25, 0.3) is 0 Å². The second kappa shape index (κ2) is 13.7. The summed E-state index contributed by atoms with van der Waals surface area (Å²) in [7, 11) is 0. The number of carbonyl (C=O) groups excluding carboxylic acids is 2. The molecular weight excluding hydrogens is 450 g/mol. The lowest BCUT2D eigenvalue weighted by Gasteiger charge is -2.30. The number of nitrogens with two attached hydrogens (primary N) is 1. The Labute approximate surface area is 215 Å². The maximum Gasteiger partial charge on any atom is 0.239 e. The number of nitrogens with zero attached hydrogens (tertiary/aromatic N) is 1. The minimum absolute atomic E-state index is 0.0189. The largest absolute Gasteiger partial charge is 0.354 e. The molecule has 2 atom stereocenters.